The van der Waals surface area contributed by atoms with Crippen LogP contribution in [-0.2, 0) is 21.4 Å². The fourth-order valence-electron chi connectivity index (χ4n) is 3.48. The maximum absolute atomic E-state index is 13.7. The molecule has 2 aliphatic rings. The molecule has 2 heterocycles. The number of hydrogen-bond donors (Lipinski definition) is 0. The van der Waals surface area contributed by atoms with Crippen molar-refractivity contribution in [2.75, 3.05) is 59.4 Å². The molecule has 1 aromatic carbocycles. The molecular weight excluding hydrogens is 390 g/mol. The molecule has 28 heavy (non-hydrogen) atoms. The maximum atomic E-state index is 13.7. The molecular formula is C18H26F2N4O3S. The standard InChI is InChI=1S/C18H26F2N4O3S/c1-21-6-10-23(11-7-21)28(26,27)24-12-8-22(9-13-24)18(25)5-2-15-14-16(19)3-4-17(15)20/h3-4,14H,2,5-13H2,1H3. The number of amides is 1. The minimum atomic E-state index is -3.51. The van der Waals surface area contributed by atoms with Crippen molar-refractivity contribution < 1.29 is 22.0 Å². The van der Waals surface area contributed by atoms with Gasteiger partial charge in [-0.3, -0.25) is 4.79 Å². The highest BCUT2D eigenvalue weighted by Gasteiger charge is 2.34. The van der Waals surface area contributed by atoms with Gasteiger partial charge in [-0.15, -0.1) is 0 Å². The predicted molar refractivity (Wildman–Crippen MR) is 101 cm³/mol. The summed E-state index contributed by atoms with van der Waals surface area (Å²) in [7, 11) is -1.55. The number of halogens is 2. The zero-order chi connectivity index (χ0) is 20.3. The highest BCUT2D eigenvalue weighted by Crippen LogP contribution is 2.16. The molecule has 0 radical (unpaired) electrons. The third-order valence-corrected chi connectivity index (χ3v) is 7.36. The van der Waals surface area contributed by atoms with Gasteiger partial charge in [-0.2, -0.15) is 17.0 Å². The van der Waals surface area contributed by atoms with Crippen LogP contribution in [0.4, 0.5) is 8.78 Å². The van der Waals surface area contributed by atoms with Gasteiger partial charge < -0.3 is 9.80 Å². The molecule has 0 aliphatic carbocycles. The summed E-state index contributed by atoms with van der Waals surface area (Å²) in [5, 5.41) is 0. The molecule has 0 atom stereocenters. The second-order valence-electron chi connectivity index (χ2n) is 7.23. The average Bonchev–Trinajstić information content (AvgIpc) is 2.69. The minimum absolute atomic E-state index is 0.0611. The minimum Gasteiger partial charge on any atom is -0.340 e. The van der Waals surface area contributed by atoms with Crippen molar-refractivity contribution in [3.63, 3.8) is 0 Å². The molecule has 3 rings (SSSR count). The molecule has 2 aliphatic heterocycles. The van der Waals surface area contributed by atoms with Crippen LogP contribution in [0.1, 0.15) is 12.0 Å². The van der Waals surface area contributed by atoms with Gasteiger partial charge in [0.25, 0.3) is 10.2 Å². The van der Waals surface area contributed by atoms with Gasteiger partial charge in [0.15, 0.2) is 0 Å². The van der Waals surface area contributed by atoms with Gasteiger partial charge >= 0.3 is 0 Å². The quantitative estimate of drug-likeness (QED) is 0.703. The summed E-state index contributed by atoms with van der Waals surface area (Å²) in [5.74, 6) is -1.25. The molecule has 1 aromatic rings. The fourth-order valence-corrected chi connectivity index (χ4v) is 5.06. The van der Waals surface area contributed by atoms with Crippen LogP contribution in [0.15, 0.2) is 18.2 Å². The first-order valence-corrected chi connectivity index (χ1v) is 10.8. The molecule has 1 amide bonds. The van der Waals surface area contributed by atoms with E-state index in [4.69, 9.17) is 0 Å². The molecule has 10 heteroatoms. The first-order valence-electron chi connectivity index (χ1n) is 9.43. The van der Waals surface area contributed by atoms with Crippen LogP contribution in [0.25, 0.3) is 0 Å². The van der Waals surface area contributed by atoms with Crippen molar-refractivity contribution in [3.05, 3.63) is 35.4 Å². The van der Waals surface area contributed by atoms with E-state index in [0.717, 1.165) is 18.2 Å². The van der Waals surface area contributed by atoms with Crippen molar-refractivity contribution in [3.8, 4) is 0 Å². The van der Waals surface area contributed by atoms with E-state index in [2.05, 4.69) is 4.90 Å². The summed E-state index contributed by atoms with van der Waals surface area (Å²) in [6.45, 7) is 3.44. The lowest BCUT2D eigenvalue weighted by atomic mass is 10.1. The summed E-state index contributed by atoms with van der Waals surface area (Å²) in [4.78, 5) is 16.1. The van der Waals surface area contributed by atoms with Crippen molar-refractivity contribution in [1.82, 2.24) is 18.4 Å². The zero-order valence-electron chi connectivity index (χ0n) is 16.0. The van der Waals surface area contributed by atoms with Gasteiger partial charge in [-0.1, -0.05) is 0 Å². The molecule has 0 unspecified atom stereocenters. The van der Waals surface area contributed by atoms with E-state index in [1.165, 1.54) is 8.61 Å². The molecule has 156 valence electrons. The first-order chi connectivity index (χ1) is 13.3. The van der Waals surface area contributed by atoms with Crippen LogP contribution in [0, 0.1) is 11.6 Å². The van der Waals surface area contributed by atoms with Crippen LogP contribution < -0.4 is 0 Å². The van der Waals surface area contributed by atoms with E-state index in [9.17, 15) is 22.0 Å². The number of benzene rings is 1. The van der Waals surface area contributed by atoms with Crippen LogP contribution >= 0.6 is 0 Å². The monoisotopic (exact) mass is 416 g/mol. The number of piperazine rings is 2. The Morgan fingerprint density at radius 3 is 2.14 bits per heavy atom. The molecule has 0 bridgehead atoms. The van der Waals surface area contributed by atoms with Crippen LogP contribution in [0.5, 0.6) is 0 Å². The number of nitrogens with zero attached hydrogens (tertiary/aromatic N) is 4. The van der Waals surface area contributed by atoms with Gasteiger partial charge in [0.2, 0.25) is 5.91 Å². The van der Waals surface area contributed by atoms with E-state index in [0.29, 0.717) is 39.3 Å². The first kappa shape index (κ1) is 21.1. The molecule has 0 spiro atoms. The molecule has 2 fully saturated rings. The maximum Gasteiger partial charge on any atom is 0.282 e. The average molecular weight is 416 g/mol. The molecule has 0 N–H and O–H groups in total. The topological polar surface area (TPSA) is 64.2 Å². The highest BCUT2D eigenvalue weighted by molar-refractivity contribution is 7.86. The summed E-state index contributed by atoms with van der Waals surface area (Å²) in [6.07, 6.45) is 0.174. The van der Waals surface area contributed by atoms with Crippen molar-refractivity contribution in [1.29, 1.82) is 0 Å². The van der Waals surface area contributed by atoms with E-state index in [1.54, 1.807) is 4.90 Å². The normalized spacial score (nSPS) is 20.5. The predicted octanol–water partition coefficient (Wildman–Crippen LogP) is 0.534. The lowest BCUT2D eigenvalue weighted by molar-refractivity contribution is -0.132. The zero-order valence-corrected chi connectivity index (χ0v) is 16.8. The smallest absolute Gasteiger partial charge is 0.282 e. The Hall–Kier alpha value is -1.62. The lowest BCUT2D eigenvalue weighted by Gasteiger charge is -2.39. The summed E-state index contributed by atoms with van der Waals surface area (Å²) >= 11 is 0. The number of carbonyl (C=O) groups is 1. The van der Waals surface area contributed by atoms with Gasteiger partial charge in [0.1, 0.15) is 11.6 Å². The number of rotatable bonds is 5. The van der Waals surface area contributed by atoms with Crippen LogP contribution in [-0.4, -0.2) is 92.1 Å². The second kappa shape index (κ2) is 8.81. The number of aryl methyl sites for hydroxylation is 1. The van der Waals surface area contributed by atoms with E-state index in [-0.39, 0.29) is 37.4 Å². The highest BCUT2D eigenvalue weighted by atomic mass is 32.2. The third-order valence-electron chi connectivity index (χ3n) is 5.32. The summed E-state index contributed by atoms with van der Waals surface area (Å²) in [5.41, 5.74) is 0.171. The Kier molecular flexibility index (Phi) is 6.64. The fraction of sp³-hybridized carbons (Fsp3) is 0.611. The molecule has 7 nitrogen and oxygen atoms in total. The van der Waals surface area contributed by atoms with Gasteiger partial charge in [0.05, 0.1) is 0 Å². The van der Waals surface area contributed by atoms with Gasteiger partial charge in [0, 0.05) is 58.8 Å². The van der Waals surface area contributed by atoms with Crippen LogP contribution in [0.3, 0.4) is 0 Å². The van der Waals surface area contributed by atoms with Crippen molar-refractivity contribution in [2.45, 2.75) is 12.8 Å². The van der Waals surface area contributed by atoms with E-state index >= 15 is 0 Å². The molecule has 0 aromatic heterocycles. The third kappa shape index (κ3) is 4.86. The number of carbonyl (C=O) groups excluding carboxylic acids is 1. The number of hydrogen-bond acceptors (Lipinski definition) is 4. The van der Waals surface area contributed by atoms with E-state index in [1.807, 2.05) is 7.05 Å². The van der Waals surface area contributed by atoms with Crippen LogP contribution in [0.2, 0.25) is 0 Å². The van der Waals surface area contributed by atoms with Crippen molar-refractivity contribution in [2.24, 2.45) is 0 Å². The van der Waals surface area contributed by atoms with Gasteiger partial charge in [-0.25, -0.2) is 8.78 Å². The lowest BCUT2D eigenvalue weighted by Crippen LogP contribution is -2.57. The Labute approximate surface area is 164 Å². The Balaban J connectivity index is 1.50. The second-order valence-corrected chi connectivity index (χ2v) is 9.15. The van der Waals surface area contributed by atoms with Gasteiger partial charge in [-0.05, 0) is 37.2 Å². The van der Waals surface area contributed by atoms with E-state index < -0.39 is 21.8 Å². The Morgan fingerprint density at radius 1 is 0.964 bits per heavy atom. The summed E-state index contributed by atoms with van der Waals surface area (Å²) in [6, 6.07) is 3.20. The molecule has 0 saturated carbocycles. The SMILES string of the molecule is CN1CCN(S(=O)(=O)N2CCN(C(=O)CCc3cc(F)ccc3F)CC2)CC1. The van der Waals surface area contributed by atoms with Crippen molar-refractivity contribution >= 4 is 16.1 Å². The summed E-state index contributed by atoms with van der Waals surface area (Å²) < 4.78 is 55.3. The Morgan fingerprint density at radius 2 is 1.54 bits per heavy atom. The Bertz CT molecular complexity index is 805. The largest absolute Gasteiger partial charge is 0.340 e. The molecule has 2 saturated heterocycles. The number of likely N-dealkylation sites (N-methyl/N-ethyl adjacent to an activating group) is 1.